The van der Waals surface area contributed by atoms with Crippen LogP contribution in [0.3, 0.4) is 0 Å². The van der Waals surface area contributed by atoms with Crippen LogP contribution < -0.4 is 0 Å². The largest absolute Gasteiger partial charge is 0.206 e. The molecule has 0 N–H and O–H groups in total. The van der Waals surface area contributed by atoms with Gasteiger partial charge in [-0.15, -0.1) is 12.3 Å². The van der Waals surface area contributed by atoms with Crippen molar-refractivity contribution >= 4 is 0 Å². The first kappa shape index (κ1) is 8.80. The van der Waals surface area contributed by atoms with Gasteiger partial charge < -0.3 is 0 Å². The van der Waals surface area contributed by atoms with E-state index >= 15 is 0 Å². The Morgan fingerprint density at radius 3 is 2.92 bits per heavy atom. The highest BCUT2D eigenvalue weighted by Crippen LogP contribution is 2.12. The van der Waals surface area contributed by atoms with Gasteiger partial charge in [0.25, 0.3) is 0 Å². The molecule has 0 bridgehead atoms. The zero-order chi connectivity index (χ0) is 8.97. The fourth-order valence-electron chi connectivity index (χ4n) is 1.11. The van der Waals surface area contributed by atoms with E-state index in [2.05, 4.69) is 5.92 Å². The summed E-state index contributed by atoms with van der Waals surface area (Å²) in [6, 6.07) is 5.39. The van der Waals surface area contributed by atoms with Crippen LogP contribution >= 0.6 is 0 Å². The Balaban J connectivity index is 2.86. The van der Waals surface area contributed by atoms with Crippen LogP contribution in [-0.2, 0) is 6.42 Å². The number of terminal acetylenes is 1. The molecule has 0 atom stereocenters. The average Bonchev–Trinajstić information content (AvgIpc) is 2.08. The Kier molecular flexibility index (Phi) is 2.88. The van der Waals surface area contributed by atoms with Crippen molar-refractivity contribution in [3.63, 3.8) is 0 Å². The molecule has 0 radical (unpaired) electrons. The molecule has 1 rings (SSSR count). The standard InChI is InChI=1S/C11H11F/c1-3-4-7-10-8-5-6-9(2)11(10)12/h1,5-6,8H,4,7H2,2H3. The molecule has 1 aromatic rings. The molecular weight excluding hydrogens is 151 g/mol. The van der Waals surface area contributed by atoms with E-state index in [0.717, 1.165) is 0 Å². The summed E-state index contributed by atoms with van der Waals surface area (Å²) in [6.07, 6.45) is 6.32. The van der Waals surface area contributed by atoms with E-state index in [-0.39, 0.29) is 5.82 Å². The summed E-state index contributed by atoms with van der Waals surface area (Å²) in [7, 11) is 0. The molecule has 1 heteroatoms. The Morgan fingerprint density at radius 1 is 1.50 bits per heavy atom. The third-order valence-electron chi connectivity index (χ3n) is 1.81. The molecule has 62 valence electrons. The van der Waals surface area contributed by atoms with Crippen LogP contribution in [0.2, 0.25) is 0 Å². The molecule has 1 aromatic carbocycles. The summed E-state index contributed by atoms with van der Waals surface area (Å²) in [6.45, 7) is 1.76. The lowest BCUT2D eigenvalue weighted by Crippen LogP contribution is -1.92. The van der Waals surface area contributed by atoms with Crippen LogP contribution in [-0.4, -0.2) is 0 Å². The monoisotopic (exact) mass is 162 g/mol. The molecule has 0 heterocycles. The van der Waals surface area contributed by atoms with Crippen LogP contribution in [0.15, 0.2) is 18.2 Å². The lowest BCUT2D eigenvalue weighted by Gasteiger charge is -2.02. The van der Waals surface area contributed by atoms with Gasteiger partial charge in [0.05, 0.1) is 0 Å². The third-order valence-corrected chi connectivity index (χ3v) is 1.81. The zero-order valence-corrected chi connectivity index (χ0v) is 7.10. The summed E-state index contributed by atoms with van der Waals surface area (Å²) < 4.78 is 13.3. The number of hydrogen-bond donors (Lipinski definition) is 0. The van der Waals surface area contributed by atoms with Crippen molar-refractivity contribution in [2.24, 2.45) is 0 Å². The maximum Gasteiger partial charge on any atom is 0.129 e. The van der Waals surface area contributed by atoms with Gasteiger partial charge in [0, 0.05) is 6.42 Å². The van der Waals surface area contributed by atoms with E-state index in [0.29, 0.717) is 24.0 Å². The third kappa shape index (κ3) is 1.85. The first-order chi connectivity index (χ1) is 5.75. The highest BCUT2D eigenvalue weighted by Gasteiger charge is 2.02. The smallest absolute Gasteiger partial charge is 0.129 e. The van der Waals surface area contributed by atoms with Gasteiger partial charge in [-0.2, -0.15) is 0 Å². The van der Waals surface area contributed by atoms with Gasteiger partial charge in [-0.25, -0.2) is 4.39 Å². The summed E-state index contributed by atoms with van der Waals surface area (Å²) >= 11 is 0. The van der Waals surface area contributed by atoms with Crippen molar-refractivity contribution < 1.29 is 4.39 Å². The number of hydrogen-bond acceptors (Lipinski definition) is 0. The Labute approximate surface area is 72.4 Å². The van der Waals surface area contributed by atoms with E-state index in [4.69, 9.17) is 6.42 Å². The molecule has 0 aromatic heterocycles. The maximum absolute atomic E-state index is 13.3. The van der Waals surface area contributed by atoms with E-state index in [9.17, 15) is 4.39 Å². The quantitative estimate of drug-likeness (QED) is 0.586. The second-order valence-electron chi connectivity index (χ2n) is 2.75. The molecule has 0 fully saturated rings. The van der Waals surface area contributed by atoms with Gasteiger partial charge in [-0.1, -0.05) is 18.2 Å². The average molecular weight is 162 g/mol. The molecule has 0 aliphatic rings. The molecule has 0 saturated heterocycles. The summed E-state index contributed by atoms with van der Waals surface area (Å²) in [4.78, 5) is 0. The molecular formula is C11H11F. The van der Waals surface area contributed by atoms with Gasteiger partial charge in [-0.05, 0) is 24.5 Å². The topological polar surface area (TPSA) is 0 Å². The lowest BCUT2D eigenvalue weighted by atomic mass is 10.1. The van der Waals surface area contributed by atoms with Crippen LogP contribution in [0.4, 0.5) is 4.39 Å². The second-order valence-corrected chi connectivity index (χ2v) is 2.75. The highest BCUT2D eigenvalue weighted by atomic mass is 19.1. The Bertz CT molecular complexity index is 307. The molecule has 0 aliphatic heterocycles. The normalized spacial score (nSPS) is 9.42. The zero-order valence-electron chi connectivity index (χ0n) is 7.10. The van der Waals surface area contributed by atoms with Crippen LogP contribution in [0.5, 0.6) is 0 Å². The van der Waals surface area contributed by atoms with Crippen molar-refractivity contribution in [3.05, 3.63) is 35.1 Å². The second kappa shape index (κ2) is 3.92. The predicted molar refractivity (Wildman–Crippen MR) is 48.3 cm³/mol. The number of rotatable bonds is 2. The van der Waals surface area contributed by atoms with Gasteiger partial charge in [0.2, 0.25) is 0 Å². The highest BCUT2D eigenvalue weighted by molar-refractivity contribution is 5.25. The summed E-state index contributed by atoms with van der Waals surface area (Å²) in [5.41, 5.74) is 1.40. The van der Waals surface area contributed by atoms with Crippen molar-refractivity contribution in [1.82, 2.24) is 0 Å². The summed E-state index contributed by atoms with van der Waals surface area (Å²) in [5.74, 6) is 2.38. The maximum atomic E-state index is 13.3. The molecule has 12 heavy (non-hydrogen) atoms. The minimum absolute atomic E-state index is 0.118. The van der Waals surface area contributed by atoms with Crippen molar-refractivity contribution in [3.8, 4) is 12.3 Å². The van der Waals surface area contributed by atoms with Crippen molar-refractivity contribution in [2.45, 2.75) is 19.8 Å². The van der Waals surface area contributed by atoms with Gasteiger partial charge in [0.1, 0.15) is 5.82 Å². The Hall–Kier alpha value is -1.29. The molecule has 0 spiro atoms. The van der Waals surface area contributed by atoms with Gasteiger partial charge in [-0.3, -0.25) is 0 Å². The molecule has 0 saturated carbocycles. The predicted octanol–water partition coefficient (Wildman–Crippen LogP) is 2.70. The van der Waals surface area contributed by atoms with E-state index in [1.165, 1.54) is 0 Å². The van der Waals surface area contributed by atoms with Crippen molar-refractivity contribution in [1.29, 1.82) is 0 Å². The number of halogens is 1. The summed E-state index contributed by atoms with van der Waals surface area (Å²) in [5, 5.41) is 0. The van der Waals surface area contributed by atoms with Gasteiger partial charge in [0.15, 0.2) is 0 Å². The van der Waals surface area contributed by atoms with Gasteiger partial charge >= 0.3 is 0 Å². The van der Waals surface area contributed by atoms with Crippen LogP contribution in [0.25, 0.3) is 0 Å². The molecule has 0 nitrogen and oxygen atoms in total. The Morgan fingerprint density at radius 2 is 2.25 bits per heavy atom. The SMILES string of the molecule is C#CCCc1cccc(C)c1F. The minimum Gasteiger partial charge on any atom is -0.206 e. The first-order valence-corrected chi connectivity index (χ1v) is 3.93. The fourth-order valence-corrected chi connectivity index (χ4v) is 1.11. The van der Waals surface area contributed by atoms with E-state index < -0.39 is 0 Å². The van der Waals surface area contributed by atoms with Crippen LogP contribution in [0.1, 0.15) is 17.5 Å². The van der Waals surface area contributed by atoms with Crippen molar-refractivity contribution in [2.75, 3.05) is 0 Å². The fraction of sp³-hybridized carbons (Fsp3) is 0.273. The molecule has 0 unspecified atom stereocenters. The minimum atomic E-state index is -0.118. The van der Waals surface area contributed by atoms with Crippen LogP contribution in [0, 0.1) is 25.1 Å². The molecule has 0 amide bonds. The van der Waals surface area contributed by atoms with E-state index in [1.54, 1.807) is 19.1 Å². The number of aryl methyl sites for hydroxylation is 2. The number of benzene rings is 1. The van der Waals surface area contributed by atoms with E-state index in [1.807, 2.05) is 6.07 Å². The lowest BCUT2D eigenvalue weighted by molar-refractivity contribution is 0.601. The first-order valence-electron chi connectivity index (χ1n) is 3.93. The molecule has 0 aliphatic carbocycles.